The molecule has 2 amide bonds. The molecule has 1 rings (SSSR count). The Labute approximate surface area is 206 Å². The van der Waals surface area contributed by atoms with Gasteiger partial charge in [0, 0.05) is 27.2 Å². The molecule has 0 spiro atoms. The van der Waals surface area contributed by atoms with Crippen LogP contribution in [0, 0.1) is 5.92 Å². The predicted octanol–water partition coefficient (Wildman–Crippen LogP) is 1.69. The fraction of sp³-hybridized carbons (Fsp3) is 0.579. The van der Waals surface area contributed by atoms with Crippen molar-refractivity contribution in [3.8, 4) is 0 Å². The minimum Gasteiger partial charge on any atom is -0.699 e. The smallest absolute Gasteiger partial charge is 0.699 e. The number of benzene rings is 1. The van der Waals surface area contributed by atoms with E-state index in [1.165, 1.54) is 9.80 Å². The second-order valence-electron chi connectivity index (χ2n) is 6.07. The molecule has 7 nitrogen and oxygen atoms in total. The van der Waals surface area contributed by atoms with Crippen molar-refractivity contribution in [2.75, 3.05) is 33.8 Å². The van der Waals surface area contributed by atoms with E-state index in [1.807, 2.05) is 27.7 Å². The first-order valence-corrected chi connectivity index (χ1v) is 8.86. The van der Waals surface area contributed by atoms with Gasteiger partial charge in [-0.2, -0.15) is 0 Å². The van der Waals surface area contributed by atoms with Crippen molar-refractivity contribution < 1.29 is 70.4 Å². The molecule has 1 aromatic rings. The van der Waals surface area contributed by atoms with Crippen molar-refractivity contribution in [3.05, 3.63) is 35.6 Å². The van der Waals surface area contributed by atoms with Crippen LogP contribution >= 0.6 is 0 Å². The normalized spacial score (nSPS) is 9.44. The molecule has 0 bridgehead atoms. The van der Waals surface area contributed by atoms with Gasteiger partial charge < -0.3 is 25.0 Å². The fourth-order valence-corrected chi connectivity index (χ4v) is 1.69. The van der Waals surface area contributed by atoms with Crippen LogP contribution < -0.4 is 51.4 Å². The first kappa shape index (κ1) is 28.4. The number of ether oxygens (including phenoxy) is 2. The molecule has 0 saturated carbocycles. The molecule has 0 radical (unpaired) electrons. The van der Waals surface area contributed by atoms with Crippen molar-refractivity contribution >= 4 is 17.9 Å². The number of likely N-dealkylation sites (N-methyl/N-ethyl adjacent to an activating group) is 2. The monoisotopic (exact) mass is 405 g/mol. The molecule has 0 aliphatic rings. The van der Waals surface area contributed by atoms with Crippen molar-refractivity contribution in [1.82, 2.24) is 9.80 Å². The summed E-state index contributed by atoms with van der Waals surface area (Å²) in [5.74, 6) is 0.282. The minimum absolute atomic E-state index is 0. The van der Waals surface area contributed by atoms with Gasteiger partial charge in [0.2, 0.25) is 0 Å². The van der Waals surface area contributed by atoms with Gasteiger partial charge in [-0.1, -0.05) is 52.0 Å². The summed E-state index contributed by atoms with van der Waals surface area (Å²) >= 11 is 0. The van der Waals surface area contributed by atoms with E-state index in [1.54, 1.807) is 38.4 Å². The second-order valence-corrected chi connectivity index (χ2v) is 6.07. The molecule has 148 valence electrons. The topological polar surface area (TPSA) is 82.9 Å². The van der Waals surface area contributed by atoms with E-state index in [0.29, 0.717) is 25.4 Å². The first-order valence-electron chi connectivity index (χ1n) is 8.86. The molecule has 0 heterocycles. The summed E-state index contributed by atoms with van der Waals surface area (Å²) in [6, 6.07) is 6.78. The van der Waals surface area contributed by atoms with Crippen molar-refractivity contribution in [1.29, 1.82) is 0 Å². The van der Waals surface area contributed by atoms with Gasteiger partial charge >= 0.3 is 63.6 Å². The van der Waals surface area contributed by atoms with Gasteiger partial charge in [0.15, 0.2) is 0 Å². The van der Waals surface area contributed by atoms with Crippen LogP contribution in [0.15, 0.2) is 24.3 Å². The van der Waals surface area contributed by atoms with Gasteiger partial charge in [0.05, 0.1) is 6.61 Å². The van der Waals surface area contributed by atoms with Gasteiger partial charge in [0.1, 0.15) is 6.61 Å². The number of rotatable bonds is 7. The van der Waals surface area contributed by atoms with Crippen LogP contribution in [0.2, 0.25) is 0 Å². The Kier molecular flexibility index (Phi) is 17.0. The summed E-state index contributed by atoms with van der Waals surface area (Å²) in [4.78, 5) is 26.5. The Hall–Kier alpha value is -0.804. The van der Waals surface area contributed by atoms with Crippen LogP contribution in [0.5, 0.6) is 0 Å². The zero-order valence-electron chi connectivity index (χ0n) is 17.7. The number of nitrogens with one attached hydrogen (secondary N) is 1. The number of carbonyl (C=O) groups excluding carboxylic acids is 2. The standard InChI is InChI=1S/C17H26N3O4.C2H6.K/c1-13(2)11-23-16(21)19(3)9-10-20(4)17(22)24-12-14-5-7-15(18)8-6-14;1-2;/h5-8,13,18H,9-12H2,1-4H3;1-2H3;/q-1;;+1. The van der Waals surface area contributed by atoms with E-state index in [-0.39, 0.29) is 63.9 Å². The summed E-state index contributed by atoms with van der Waals surface area (Å²) in [5.41, 5.74) is 8.63. The van der Waals surface area contributed by atoms with Crippen LogP contribution in [0.4, 0.5) is 15.3 Å². The predicted molar refractivity (Wildman–Crippen MR) is 103 cm³/mol. The van der Waals surface area contributed by atoms with Crippen molar-refractivity contribution in [2.45, 2.75) is 34.3 Å². The van der Waals surface area contributed by atoms with Gasteiger partial charge in [-0.05, 0) is 11.5 Å². The van der Waals surface area contributed by atoms with Crippen molar-refractivity contribution in [3.63, 3.8) is 0 Å². The maximum Gasteiger partial charge on any atom is 1.00 e. The van der Waals surface area contributed by atoms with Crippen LogP contribution in [0.25, 0.3) is 5.73 Å². The Morgan fingerprint density at radius 3 is 1.85 bits per heavy atom. The van der Waals surface area contributed by atoms with Gasteiger partial charge in [-0.25, -0.2) is 9.59 Å². The maximum absolute atomic E-state index is 11.9. The van der Waals surface area contributed by atoms with E-state index < -0.39 is 12.2 Å². The van der Waals surface area contributed by atoms with Crippen LogP contribution in [-0.4, -0.2) is 55.8 Å². The first-order chi connectivity index (χ1) is 12.3. The average Bonchev–Trinajstić information content (AvgIpc) is 2.64. The van der Waals surface area contributed by atoms with E-state index in [2.05, 4.69) is 0 Å². The third-order valence-corrected chi connectivity index (χ3v) is 3.25. The molecule has 0 aromatic heterocycles. The Bertz CT molecular complexity index is 538. The molecular weight excluding hydrogens is 373 g/mol. The molecule has 0 aliphatic heterocycles. The number of carbonyl (C=O) groups is 2. The summed E-state index contributed by atoms with van der Waals surface area (Å²) in [6.45, 7) is 9.16. The van der Waals surface area contributed by atoms with Crippen molar-refractivity contribution in [2.24, 2.45) is 5.92 Å². The number of hydrogen-bond acceptors (Lipinski definition) is 4. The van der Waals surface area contributed by atoms with Gasteiger partial charge in [-0.15, -0.1) is 5.69 Å². The molecule has 0 unspecified atom stereocenters. The summed E-state index contributed by atoms with van der Waals surface area (Å²) in [6.07, 6.45) is -0.866. The SMILES string of the molecule is CC.CC(C)COC(=O)N(C)CCN(C)C(=O)OCc1ccc([NH-])cc1.[K+]. The van der Waals surface area contributed by atoms with E-state index >= 15 is 0 Å². The Balaban J connectivity index is 0. The Morgan fingerprint density at radius 1 is 0.963 bits per heavy atom. The fourth-order valence-electron chi connectivity index (χ4n) is 1.69. The summed E-state index contributed by atoms with van der Waals surface area (Å²) < 4.78 is 10.3. The molecule has 8 heteroatoms. The van der Waals surface area contributed by atoms with E-state index in [9.17, 15) is 9.59 Å². The zero-order valence-corrected chi connectivity index (χ0v) is 20.9. The van der Waals surface area contributed by atoms with E-state index in [0.717, 1.165) is 5.56 Å². The molecule has 1 N–H and O–H groups in total. The van der Waals surface area contributed by atoms with Crippen LogP contribution in [-0.2, 0) is 16.1 Å². The number of nitrogens with zero attached hydrogens (tertiary/aromatic N) is 2. The minimum atomic E-state index is -0.464. The third kappa shape index (κ3) is 13.1. The van der Waals surface area contributed by atoms with Crippen LogP contribution in [0.1, 0.15) is 33.3 Å². The quantitative estimate of drug-likeness (QED) is 0.647. The molecule has 0 aliphatic carbocycles. The molecule has 1 aromatic carbocycles. The summed E-state index contributed by atoms with van der Waals surface area (Å²) in [5, 5.41) is 0. The molecule has 0 atom stereocenters. The van der Waals surface area contributed by atoms with Crippen LogP contribution in [0.3, 0.4) is 0 Å². The third-order valence-electron chi connectivity index (χ3n) is 3.25. The number of hydrogen-bond donors (Lipinski definition) is 0. The number of amides is 2. The van der Waals surface area contributed by atoms with Gasteiger partial charge in [0.25, 0.3) is 0 Å². The molecule has 27 heavy (non-hydrogen) atoms. The molecular formula is C19H32KN3O4. The Morgan fingerprint density at radius 2 is 1.41 bits per heavy atom. The molecule has 0 fully saturated rings. The van der Waals surface area contributed by atoms with E-state index in [4.69, 9.17) is 15.2 Å². The largest absolute Gasteiger partial charge is 1.00 e. The second kappa shape index (κ2) is 16.2. The molecule has 0 saturated heterocycles. The summed E-state index contributed by atoms with van der Waals surface area (Å²) in [7, 11) is 3.24. The zero-order chi connectivity index (χ0) is 20.1. The van der Waals surface area contributed by atoms with Gasteiger partial charge in [-0.3, -0.25) is 0 Å². The average molecular weight is 406 g/mol. The maximum atomic E-state index is 11.9.